The van der Waals surface area contributed by atoms with E-state index in [4.69, 9.17) is 22.1 Å². The van der Waals surface area contributed by atoms with Gasteiger partial charge >= 0.3 is 0 Å². The molecule has 0 spiro atoms. The van der Waals surface area contributed by atoms with Gasteiger partial charge in [0.25, 0.3) is 0 Å². The van der Waals surface area contributed by atoms with Crippen molar-refractivity contribution in [1.82, 2.24) is 9.80 Å². The third kappa shape index (κ3) is 4.30. The maximum Gasteiger partial charge on any atom is 0.235 e. The molecule has 40 heavy (non-hydrogen) atoms. The lowest BCUT2D eigenvalue weighted by molar-refractivity contribution is -0.181. The topological polar surface area (TPSA) is 168 Å². The number of amides is 1. The molecule has 12 heteroatoms. The number of hydrogen-bond donors (Lipinski definition) is 3. The molecule has 1 amide bonds. The van der Waals surface area contributed by atoms with Crippen molar-refractivity contribution in [2.75, 3.05) is 40.9 Å². The van der Waals surface area contributed by atoms with Gasteiger partial charge in [-0.25, -0.2) is 0 Å². The summed E-state index contributed by atoms with van der Waals surface area (Å²) in [6.07, 6.45) is 1.07. The van der Waals surface area contributed by atoms with Gasteiger partial charge in [-0.3, -0.25) is 28.9 Å². The fraction of sp³-hybridized carbons (Fsp3) is 0.607. The van der Waals surface area contributed by atoms with Crippen molar-refractivity contribution in [3.8, 4) is 5.75 Å². The minimum Gasteiger partial charge on any atom is -0.507 e. The zero-order valence-corrected chi connectivity index (χ0v) is 23.4. The first-order valence-electron chi connectivity index (χ1n) is 13.4. The summed E-state index contributed by atoms with van der Waals surface area (Å²) in [4.78, 5) is 69.7. The van der Waals surface area contributed by atoms with Crippen molar-refractivity contribution in [1.29, 1.82) is 0 Å². The summed E-state index contributed by atoms with van der Waals surface area (Å²) in [5, 5.41) is 22.9. The molecule has 11 nitrogen and oxygen atoms in total. The highest BCUT2D eigenvalue weighted by atomic mass is 35.5. The highest BCUT2D eigenvalue weighted by Gasteiger charge is 2.69. The van der Waals surface area contributed by atoms with E-state index in [2.05, 4.69) is 4.90 Å². The number of ketones is 4. The Kier molecular flexibility index (Phi) is 7.41. The number of Topliss-reactive ketones (excluding diaryl/α,β-unsaturated/α-hetero) is 4. The summed E-state index contributed by atoms with van der Waals surface area (Å²) in [6, 6.07) is 0.270. The van der Waals surface area contributed by atoms with Crippen LogP contribution in [0.3, 0.4) is 0 Å². The van der Waals surface area contributed by atoms with Gasteiger partial charge in [-0.1, -0.05) is 11.6 Å². The second-order valence-corrected chi connectivity index (χ2v) is 12.3. The van der Waals surface area contributed by atoms with Gasteiger partial charge in [-0.15, -0.1) is 0 Å². The minimum absolute atomic E-state index is 0.0210. The quantitative estimate of drug-likeness (QED) is 0.392. The lowest BCUT2D eigenvalue weighted by Gasteiger charge is -2.52. The molecule has 1 aromatic rings. The number of phenols is 1. The van der Waals surface area contributed by atoms with E-state index in [0.717, 1.165) is 19.6 Å². The molecular weight excluding hydrogens is 542 g/mol. The molecule has 1 saturated heterocycles. The Labute approximate surface area is 236 Å². The van der Waals surface area contributed by atoms with Gasteiger partial charge in [0.2, 0.25) is 5.91 Å². The van der Waals surface area contributed by atoms with Crippen LogP contribution in [-0.4, -0.2) is 102 Å². The molecule has 7 atom stereocenters. The number of carbonyl (C=O) groups excluding carboxylic acids is 5. The maximum atomic E-state index is 13.9. The summed E-state index contributed by atoms with van der Waals surface area (Å²) in [6.45, 7) is 2.60. The van der Waals surface area contributed by atoms with Crippen molar-refractivity contribution in [2.24, 2.45) is 35.3 Å². The van der Waals surface area contributed by atoms with E-state index in [1.165, 1.54) is 11.0 Å². The second-order valence-electron chi connectivity index (χ2n) is 11.9. The number of hydrogen-bond acceptors (Lipinski definition) is 10. The molecular formula is C28H34ClN3O8. The van der Waals surface area contributed by atoms with Gasteiger partial charge in [0.1, 0.15) is 5.75 Å². The summed E-state index contributed by atoms with van der Waals surface area (Å²) < 4.78 is 5.45. The van der Waals surface area contributed by atoms with Crippen molar-refractivity contribution in [3.05, 3.63) is 27.8 Å². The summed E-state index contributed by atoms with van der Waals surface area (Å²) in [5.41, 5.74) is 3.53. The predicted molar refractivity (Wildman–Crippen MR) is 142 cm³/mol. The van der Waals surface area contributed by atoms with E-state index < -0.39 is 64.4 Å². The SMILES string of the molecule is CN(Cc1cc(O)c2c(c1Cl)C[C@H]1C[C@H]3[C@H](N(C)C)C(=O)C(C(N)=O)C(=O)[C@@]3(O)C(=O)C1C2=O)CC1CCOC1. The first-order valence-corrected chi connectivity index (χ1v) is 13.8. The van der Waals surface area contributed by atoms with Crippen LogP contribution in [0.4, 0.5) is 0 Å². The Balaban J connectivity index is 1.51. The first kappa shape index (κ1) is 28.8. The van der Waals surface area contributed by atoms with Crippen LogP contribution in [0.2, 0.25) is 5.02 Å². The number of carbonyl (C=O) groups is 5. The average Bonchev–Trinajstić information content (AvgIpc) is 3.36. The Morgan fingerprint density at radius 1 is 1.20 bits per heavy atom. The van der Waals surface area contributed by atoms with Crippen LogP contribution in [0.15, 0.2) is 6.07 Å². The molecule has 0 aromatic heterocycles. The fourth-order valence-corrected chi connectivity index (χ4v) is 7.63. The Morgan fingerprint density at radius 3 is 2.50 bits per heavy atom. The lowest BCUT2D eigenvalue weighted by Crippen LogP contribution is -2.74. The highest BCUT2D eigenvalue weighted by Crippen LogP contribution is 2.51. The van der Waals surface area contributed by atoms with Gasteiger partial charge in [0.05, 0.1) is 24.1 Å². The van der Waals surface area contributed by atoms with Gasteiger partial charge in [-0.05, 0) is 69.4 Å². The van der Waals surface area contributed by atoms with Gasteiger partial charge in [0, 0.05) is 30.6 Å². The van der Waals surface area contributed by atoms with E-state index in [1.807, 2.05) is 7.05 Å². The summed E-state index contributed by atoms with van der Waals surface area (Å²) in [7, 11) is 5.03. The second kappa shape index (κ2) is 10.3. The molecule has 3 unspecified atom stereocenters. The number of phenolic OH excluding ortho intramolecular Hbond substituents is 1. The molecule has 216 valence electrons. The predicted octanol–water partition coefficient (Wildman–Crippen LogP) is -0.0113. The molecule has 1 aromatic carbocycles. The number of ether oxygens (including phenoxy) is 1. The Morgan fingerprint density at radius 2 is 1.90 bits per heavy atom. The van der Waals surface area contributed by atoms with Crippen LogP contribution >= 0.6 is 11.6 Å². The minimum atomic E-state index is -2.75. The molecule has 5 rings (SSSR count). The molecule has 3 fully saturated rings. The third-order valence-electron chi connectivity index (χ3n) is 9.10. The number of aliphatic hydroxyl groups is 1. The smallest absolute Gasteiger partial charge is 0.235 e. The van der Waals surface area contributed by atoms with Crippen LogP contribution in [-0.2, 0) is 36.9 Å². The molecule has 1 heterocycles. The monoisotopic (exact) mass is 575 g/mol. The highest BCUT2D eigenvalue weighted by molar-refractivity contribution is 6.34. The van der Waals surface area contributed by atoms with E-state index in [0.29, 0.717) is 35.2 Å². The number of fused-ring (bicyclic) bond motifs is 3. The number of nitrogens with zero attached hydrogens (tertiary/aromatic N) is 2. The zero-order valence-electron chi connectivity index (χ0n) is 22.7. The molecule has 0 radical (unpaired) electrons. The van der Waals surface area contributed by atoms with E-state index in [9.17, 15) is 34.2 Å². The normalized spacial score (nSPS) is 33.8. The summed E-state index contributed by atoms with van der Waals surface area (Å²) in [5.74, 6) is -10.4. The van der Waals surface area contributed by atoms with Gasteiger partial charge in [0.15, 0.2) is 34.7 Å². The van der Waals surface area contributed by atoms with Crippen LogP contribution in [0.1, 0.15) is 34.3 Å². The molecule has 3 aliphatic carbocycles. The van der Waals surface area contributed by atoms with Crippen LogP contribution in [0, 0.1) is 29.6 Å². The Bertz CT molecular complexity index is 1310. The van der Waals surface area contributed by atoms with Crippen LogP contribution in [0.25, 0.3) is 0 Å². The average molecular weight is 576 g/mol. The molecule has 1 aliphatic heterocycles. The number of likely N-dealkylation sites (N-methyl/N-ethyl adjacent to an activating group) is 1. The van der Waals surface area contributed by atoms with Gasteiger partial charge < -0.3 is 25.6 Å². The number of nitrogens with two attached hydrogens (primary N) is 1. The standard InChI is InChI=1S/C28H34ClN3O8/c1-31(2)22-16-7-13-6-15-19(17(33)8-14(21(15)29)10-32(3)9-12-4-5-40-11-12)23(34)18(13)25(36)28(16,39)26(37)20(24(22)35)27(30)38/h8,12-13,16,18,20,22,33,39H,4-7,9-11H2,1-3H3,(H2,30,38)/t12?,13-,16-,18?,20?,22-,28-/m0/s1. The number of primary amides is 1. The maximum absolute atomic E-state index is 13.9. The van der Waals surface area contributed by atoms with Crippen LogP contribution in [0.5, 0.6) is 5.75 Å². The number of rotatable bonds is 6. The van der Waals surface area contributed by atoms with Crippen molar-refractivity contribution in [3.63, 3.8) is 0 Å². The lowest BCUT2D eigenvalue weighted by atomic mass is 9.52. The fourth-order valence-electron chi connectivity index (χ4n) is 7.35. The molecule has 0 bridgehead atoms. The van der Waals surface area contributed by atoms with Crippen molar-refractivity contribution in [2.45, 2.75) is 37.5 Å². The van der Waals surface area contributed by atoms with E-state index in [-0.39, 0.29) is 24.2 Å². The number of benzene rings is 1. The number of aromatic hydroxyl groups is 1. The largest absolute Gasteiger partial charge is 0.507 e. The zero-order chi connectivity index (χ0) is 29.3. The van der Waals surface area contributed by atoms with Crippen LogP contribution < -0.4 is 5.73 Å². The van der Waals surface area contributed by atoms with E-state index >= 15 is 0 Å². The molecule has 4 aliphatic rings. The first-order chi connectivity index (χ1) is 18.8. The molecule has 4 N–H and O–H groups in total. The Hall–Kier alpha value is -2.70. The van der Waals surface area contributed by atoms with Crippen molar-refractivity contribution < 1.29 is 38.9 Å². The van der Waals surface area contributed by atoms with Gasteiger partial charge in [-0.2, -0.15) is 0 Å². The summed E-state index contributed by atoms with van der Waals surface area (Å²) >= 11 is 6.82. The van der Waals surface area contributed by atoms with Crippen molar-refractivity contribution >= 4 is 40.6 Å². The molecule has 2 saturated carbocycles. The number of halogens is 1. The van der Waals surface area contributed by atoms with E-state index in [1.54, 1.807) is 14.1 Å². The third-order valence-corrected chi connectivity index (χ3v) is 9.57.